The highest BCUT2D eigenvalue weighted by atomic mass is 35.5. The second-order valence-electron chi connectivity index (χ2n) is 2.84. The van der Waals surface area contributed by atoms with Gasteiger partial charge in [0.05, 0.1) is 6.04 Å². The summed E-state index contributed by atoms with van der Waals surface area (Å²) in [4.78, 5) is 10.6. The van der Waals surface area contributed by atoms with Crippen molar-refractivity contribution in [1.29, 1.82) is 0 Å². The third-order valence-electron chi connectivity index (χ3n) is 1.73. The van der Waals surface area contributed by atoms with Crippen molar-refractivity contribution in [2.45, 2.75) is 12.5 Å². The summed E-state index contributed by atoms with van der Waals surface area (Å²) in [5, 5.41) is 0. The number of hydrogen-bond acceptors (Lipinski definition) is 2. The Bertz CT molecular complexity index is 302. The lowest BCUT2D eigenvalue weighted by Gasteiger charge is -2.06. The molecule has 14 heavy (non-hydrogen) atoms. The van der Waals surface area contributed by atoms with Crippen LogP contribution in [0, 0.1) is 5.82 Å². The standard InChI is InChI=1S/C9H11FN2O.ClH/c10-7-3-1-6(2-4-7)5-8(11)9(12)13;/h1-4,8H,5,11H2,(H2,12,13);1H/t8-;/m1./s1. The minimum atomic E-state index is -0.703. The van der Waals surface area contributed by atoms with Crippen molar-refractivity contribution in [3.63, 3.8) is 0 Å². The first-order valence-corrected chi connectivity index (χ1v) is 3.89. The van der Waals surface area contributed by atoms with E-state index in [1.807, 2.05) is 0 Å². The number of benzene rings is 1. The van der Waals surface area contributed by atoms with Crippen LogP contribution in [0.1, 0.15) is 5.56 Å². The predicted octanol–water partition coefficient (Wildman–Crippen LogP) is 0.603. The summed E-state index contributed by atoms with van der Waals surface area (Å²) < 4.78 is 12.5. The molecule has 0 aromatic heterocycles. The third kappa shape index (κ3) is 3.72. The summed E-state index contributed by atoms with van der Waals surface area (Å²) in [5.74, 6) is -0.860. The minimum absolute atomic E-state index is 0. The van der Waals surface area contributed by atoms with Crippen molar-refractivity contribution in [3.05, 3.63) is 35.6 Å². The van der Waals surface area contributed by atoms with Gasteiger partial charge in [-0.3, -0.25) is 4.79 Å². The molecule has 0 unspecified atom stereocenters. The first kappa shape index (κ1) is 12.9. The van der Waals surface area contributed by atoms with Gasteiger partial charge in [-0.25, -0.2) is 4.39 Å². The lowest BCUT2D eigenvalue weighted by atomic mass is 10.1. The Hall–Kier alpha value is -1.13. The molecule has 0 radical (unpaired) electrons. The van der Waals surface area contributed by atoms with Gasteiger partial charge in [-0.2, -0.15) is 0 Å². The third-order valence-corrected chi connectivity index (χ3v) is 1.73. The molecular weight excluding hydrogens is 207 g/mol. The maximum atomic E-state index is 12.5. The number of amides is 1. The summed E-state index contributed by atoms with van der Waals surface area (Å²) in [6.45, 7) is 0. The van der Waals surface area contributed by atoms with E-state index in [9.17, 15) is 9.18 Å². The van der Waals surface area contributed by atoms with Gasteiger partial charge in [0, 0.05) is 0 Å². The second kappa shape index (κ2) is 5.57. The first-order chi connectivity index (χ1) is 6.09. The molecule has 0 aliphatic heterocycles. The van der Waals surface area contributed by atoms with Gasteiger partial charge in [0.15, 0.2) is 0 Å². The molecule has 0 bridgehead atoms. The van der Waals surface area contributed by atoms with Gasteiger partial charge in [-0.05, 0) is 24.1 Å². The largest absolute Gasteiger partial charge is 0.368 e. The highest BCUT2D eigenvalue weighted by Crippen LogP contribution is 2.04. The van der Waals surface area contributed by atoms with Gasteiger partial charge in [-0.1, -0.05) is 12.1 Å². The summed E-state index contributed by atoms with van der Waals surface area (Å²) in [6.07, 6.45) is 0.343. The zero-order chi connectivity index (χ0) is 9.84. The number of rotatable bonds is 3. The molecule has 0 aliphatic carbocycles. The maximum Gasteiger partial charge on any atom is 0.234 e. The van der Waals surface area contributed by atoms with Crippen LogP contribution in [0.3, 0.4) is 0 Å². The molecule has 78 valence electrons. The lowest BCUT2D eigenvalue weighted by molar-refractivity contribution is -0.119. The molecule has 1 aromatic carbocycles. The number of hydrogen-bond donors (Lipinski definition) is 2. The van der Waals surface area contributed by atoms with Gasteiger partial charge >= 0.3 is 0 Å². The van der Waals surface area contributed by atoms with Crippen molar-refractivity contribution in [2.75, 3.05) is 0 Å². The van der Waals surface area contributed by atoms with E-state index >= 15 is 0 Å². The van der Waals surface area contributed by atoms with Gasteiger partial charge in [0.25, 0.3) is 0 Å². The first-order valence-electron chi connectivity index (χ1n) is 3.89. The van der Waals surface area contributed by atoms with Crippen molar-refractivity contribution >= 4 is 18.3 Å². The molecule has 5 heteroatoms. The molecule has 1 aromatic rings. The van der Waals surface area contributed by atoms with Gasteiger partial charge in [0.1, 0.15) is 5.82 Å². The molecular formula is C9H12ClFN2O. The molecule has 1 atom stereocenters. The molecule has 3 nitrogen and oxygen atoms in total. The van der Waals surface area contributed by atoms with Crippen LogP contribution in [0.25, 0.3) is 0 Å². The van der Waals surface area contributed by atoms with Crippen molar-refractivity contribution in [2.24, 2.45) is 11.5 Å². The maximum absolute atomic E-state index is 12.5. The summed E-state index contributed by atoms with van der Waals surface area (Å²) in [6, 6.07) is 5.10. The topological polar surface area (TPSA) is 69.1 Å². The molecule has 4 N–H and O–H groups in total. The van der Waals surface area contributed by atoms with Crippen LogP contribution in [0.15, 0.2) is 24.3 Å². The molecule has 1 rings (SSSR count). The van der Waals surface area contributed by atoms with Crippen molar-refractivity contribution < 1.29 is 9.18 Å². The zero-order valence-corrected chi connectivity index (χ0v) is 8.26. The monoisotopic (exact) mass is 218 g/mol. The van der Waals surface area contributed by atoms with Gasteiger partial charge < -0.3 is 11.5 Å². The van der Waals surface area contributed by atoms with Crippen LogP contribution in [0.5, 0.6) is 0 Å². The molecule has 0 aliphatic rings. The van der Waals surface area contributed by atoms with Crippen LogP contribution in [-0.2, 0) is 11.2 Å². The van der Waals surface area contributed by atoms with E-state index in [1.165, 1.54) is 12.1 Å². The fourth-order valence-corrected chi connectivity index (χ4v) is 0.975. The van der Waals surface area contributed by atoms with Crippen LogP contribution < -0.4 is 11.5 Å². The minimum Gasteiger partial charge on any atom is -0.368 e. The van der Waals surface area contributed by atoms with Crippen LogP contribution in [-0.4, -0.2) is 11.9 Å². The fourth-order valence-electron chi connectivity index (χ4n) is 0.975. The second-order valence-corrected chi connectivity index (χ2v) is 2.84. The Kier molecular flexibility index (Phi) is 5.12. The molecule has 0 saturated heterocycles. The van der Waals surface area contributed by atoms with Gasteiger partial charge in [0.2, 0.25) is 5.91 Å². The van der Waals surface area contributed by atoms with E-state index in [4.69, 9.17) is 11.5 Å². The fraction of sp³-hybridized carbons (Fsp3) is 0.222. The highest BCUT2D eigenvalue weighted by Gasteiger charge is 2.09. The van der Waals surface area contributed by atoms with Crippen molar-refractivity contribution in [3.8, 4) is 0 Å². The molecule has 0 heterocycles. The SMILES string of the molecule is Cl.NC(=O)[C@H](N)Cc1ccc(F)cc1. The summed E-state index contributed by atoms with van der Waals surface area (Å²) >= 11 is 0. The molecule has 0 spiro atoms. The zero-order valence-electron chi connectivity index (χ0n) is 7.44. The Morgan fingerprint density at radius 2 is 1.86 bits per heavy atom. The average molecular weight is 219 g/mol. The van der Waals surface area contributed by atoms with E-state index in [2.05, 4.69) is 0 Å². The molecule has 0 fully saturated rings. The van der Waals surface area contributed by atoms with E-state index in [1.54, 1.807) is 12.1 Å². The molecule has 0 saturated carbocycles. The summed E-state index contributed by atoms with van der Waals surface area (Å²) in [5.41, 5.74) is 11.2. The van der Waals surface area contributed by atoms with Crippen molar-refractivity contribution in [1.82, 2.24) is 0 Å². The number of primary amides is 1. The van der Waals surface area contributed by atoms with E-state index < -0.39 is 11.9 Å². The average Bonchev–Trinajstić information content (AvgIpc) is 2.08. The van der Waals surface area contributed by atoms with Gasteiger partial charge in [-0.15, -0.1) is 12.4 Å². The van der Waals surface area contributed by atoms with Crippen LogP contribution >= 0.6 is 12.4 Å². The number of halogens is 2. The number of nitrogens with two attached hydrogens (primary N) is 2. The highest BCUT2D eigenvalue weighted by molar-refractivity contribution is 5.85. The normalized spacial score (nSPS) is 11.6. The smallest absolute Gasteiger partial charge is 0.234 e. The molecule has 1 amide bonds. The van der Waals surface area contributed by atoms with E-state index in [-0.39, 0.29) is 18.2 Å². The summed E-state index contributed by atoms with van der Waals surface area (Å²) in [7, 11) is 0. The Morgan fingerprint density at radius 3 is 2.29 bits per heavy atom. The Balaban J connectivity index is 0.00000169. The lowest BCUT2D eigenvalue weighted by Crippen LogP contribution is -2.38. The van der Waals surface area contributed by atoms with Crippen LogP contribution in [0.2, 0.25) is 0 Å². The number of carbonyl (C=O) groups excluding carboxylic acids is 1. The predicted molar refractivity (Wildman–Crippen MR) is 54.5 cm³/mol. The number of carbonyl (C=O) groups is 1. The Morgan fingerprint density at radius 1 is 1.36 bits per heavy atom. The Labute approximate surface area is 87.7 Å². The van der Waals surface area contributed by atoms with E-state index in [0.29, 0.717) is 6.42 Å². The quantitative estimate of drug-likeness (QED) is 0.780. The van der Waals surface area contributed by atoms with Crippen LogP contribution in [0.4, 0.5) is 4.39 Å². The van der Waals surface area contributed by atoms with E-state index in [0.717, 1.165) is 5.56 Å².